The van der Waals surface area contributed by atoms with E-state index in [1.807, 2.05) is 37.3 Å². The van der Waals surface area contributed by atoms with Crippen molar-refractivity contribution in [1.29, 1.82) is 0 Å². The number of para-hydroxylation sites is 1. The van der Waals surface area contributed by atoms with Crippen LogP contribution in [0.2, 0.25) is 0 Å². The van der Waals surface area contributed by atoms with E-state index in [1.54, 1.807) is 23.7 Å². The second-order valence-corrected chi connectivity index (χ2v) is 5.78. The van der Waals surface area contributed by atoms with Crippen LogP contribution in [0.3, 0.4) is 0 Å². The van der Waals surface area contributed by atoms with Gasteiger partial charge in [0.15, 0.2) is 5.76 Å². The molecule has 2 N–H and O–H groups in total. The van der Waals surface area contributed by atoms with Crippen LogP contribution in [-0.2, 0) is 0 Å². The lowest BCUT2D eigenvalue weighted by Crippen LogP contribution is -2.35. The first-order valence-corrected chi connectivity index (χ1v) is 8.29. The van der Waals surface area contributed by atoms with Gasteiger partial charge in [-0.1, -0.05) is 18.2 Å². The molecule has 2 aromatic heterocycles. The standard InChI is InChI=1S/C19H20N4O3/c1-13-17(14(2)23(22-13)15-7-4-3-5-8-15)19(25)21-11-10-20-18(24)16-9-6-12-26-16/h3-9,12H,10-11H2,1-2H3,(H,20,24)(H,21,25). The molecule has 0 saturated carbocycles. The van der Waals surface area contributed by atoms with Gasteiger partial charge in [-0.2, -0.15) is 5.10 Å². The van der Waals surface area contributed by atoms with Crippen molar-refractivity contribution in [3.63, 3.8) is 0 Å². The second-order valence-electron chi connectivity index (χ2n) is 5.78. The zero-order chi connectivity index (χ0) is 18.5. The molecule has 0 unspecified atom stereocenters. The Morgan fingerprint density at radius 1 is 1.00 bits per heavy atom. The average molecular weight is 352 g/mol. The van der Waals surface area contributed by atoms with Crippen molar-refractivity contribution < 1.29 is 14.0 Å². The number of hydrogen-bond acceptors (Lipinski definition) is 4. The summed E-state index contributed by atoms with van der Waals surface area (Å²) in [5.41, 5.74) is 2.87. The molecule has 7 heteroatoms. The van der Waals surface area contributed by atoms with Gasteiger partial charge in [-0.25, -0.2) is 4.68 Å². The van der Waals surface area contributed by atoms with Crippen LogP contribution in [0.1, 0.15) is 32.3 Å². The molecule has 0 atom stereocenters. The molecule has 3 aromatic rings. The maximum absolute atomic E-state index is 12.5. The highest BCUT2D eigenvalue weighted by Crippen LogP contribution is 2.17. The number of benzene rings is 1. The first kappa shape index (κ1) is 17.5. The van der Waals surface area contributed by atoms with Gasteiger partial charge in [0.05, 0.1) is 28.9 Å². The van der Waals surface area contributed by atoms with E-state index in [-0.39, 0.29) is 17.6 Å². The zero-order valence-electron chi connectivity index (χ0n) is 14.7. The van der Waals surface area contributed by atoms with E-state index in [4.69, 9.17) is 4.42 Å². The third kappa shape index (κ3) is 3.66. The van der Waals surface area contributed by atoms with Crippen LogP contribution in [0.25, 0.3) is 5.69 Å². The lowest BCUT2D eigenvalue weighted by atomic mass is 10.2. The SMILES string of the molecule is Cc1nn(-c2ccccc2)c(C)c1C(=O)NCCNC(=O)c1ccco1. The van der Waals surface area contributed by atoms with E-state index in [0.717, 1.165) is 11.4 Å². The summed E-state index contributed by atoms with van der Waals surface area (Å²) >= 11 is 0. The fraction of sp³-hybridized carbons (Fsp3) is 0.211. The van der Waals surface area contributed by atoms with E-state index >= 15 is 0 Å². The van der Waals surface area contributed by atoms with E-state index in [9.17, 15) is 9.59 Å². The van der Waals surface area contributed by atoms with Gasteiger partial charge in [-0.3, -0.25) is 9.59 Å². The molecule has 1 aromatic carbocycles. The number of aromatic nitrogens is 2. The van der Waals surface area contributed by atoms with Crippen molar-refractivity contribution in [2.24, 2.45) is 0 Å². The first-order valence-electron chi connectivity index (χ1n) is 8.29. The van der Waals surface area contributed by atoms with Gasteiger partial charge in [0.25, 0.3) is 11.8 Å². The molecule has 134 valence electrons. The Balaban J connectivity index is 1.60. The minimum Gasteiger partial charge on any atom is -0.459 e. The number of nitrogens with zero attached hydrogens (tertiary/aromatic N) is 2. The van der Waals surface area contributed by atoms with Gasteiger partial charge in [0, 0.05) is 13.1 Å². The van der Waals surface area contributed by atoms with E-state index in [2.05, 4.69) is 15.7 Å². The van der Waals surface area contributed by atoms with Crippen LogP contribution >= 0.6 is 0 Å². The molecule has 0 bridgehead atoms. The number of nitrogens with one attached hydrogen (secondary N) is 2. The van der Waals surface area contributed by atoms with Gasteiger partial charge in [0.2, 0.25) is 0 Å². The van der Waals surface area contributed by atoms with Crippen molar-refractivity contribution in [2.75, 3.05) is 13.1 Å². The summed E-state index contributed by atoms with van der Waals surface area (Å²) in [7, 11) is 0. The summed E-state index contributed by atoms with van der Waals surface area (Å²) in [4.78, 5) is 24.3. The fourth-order valence-electron chi connectivity index (χ4n) is 2.73. The Bertz CT molecular complexity index is 899. The number of carbonyl (C=O) groups excluding carboxylic acids is 2. The van der Waals surface area contributed by atoms with E-state index in [1.165, 1.54) is 6.26 Å². The van der Waals surface area contributed by atoms with Gasteiger partial charge < -0.3 is 15.1 Å². The molecular weight excluding hydrogens is 332 g/mol. The third-order valence-corrected chi connectivity index (χ3v) is 3.96. The topological polar surface area (TPSA) is 89.2 Å². The lowest BCUT2D eigenvalue weighted by molar-refractivity contribution is 0.0910. The van der Waals surface area contributed by atoms with Crippen molar-refractivity contribution in [2.45, 2.75) is 13.8 Å². The molecule has 0 aliphatic carbocycles. The van der Waals surface area contributed by atoms with Crippen LogP contribution < -0.4 is 10.6 Å². The second kappa shape index (κ2) is 7.69. The molecule has 0 saturated heterocycles. The average Bonchev–Trinajstić information content (AvgIpc) is 3.27. The smallest absolute Gasteiger partial charge is 0.287 e. The van der Waals surface area contributed by atoms with Crippen LogP contribution in [0.4, 0.5) is 0 Å². The van der Waals surface area contributed by atoms with Crippen LogP contribution in [0, 0.1) is 13.8 Å². The number of carbonyl (C=O) groups is 2. The predicted octanol–water partition coefficient (Wildman–Crippen LogP) is 2.24. The highest BCUT2D eigenvalue weighted by molar-refractivity contribution is 5.96. The Hall–Kier alpha value is -3.35. The molecule has 3 rings (SSSR count). The molecule has 0 aliphatic heterocycles. The molecule has 2 amide bonds. The highest BCUT2D eigenvalue weighted by Gasteiger charge is 2.19. The third-order valence-electron chi connectivity index (χ3n) is 3.96. The number of aryl methyl sites for hydroxylation is 1. The molecule has 0 fully saturated rings. The summed E-state index contributed by atoms with van der Waals surface area (Å²) in [5.74, 6) is -0.282. The maximum Gasteiger partial charge on any atom is 0.287 e. The Morgan fingerprint density at radius 3 is 2.35 bits per heavy atom. The number of rotatable bonds is 6. The normalized spacial score (nSPS) is 10.5. The molecule has 26 heavy (non-hydrogen) atoms. The van der Waals surface area contributed by atoms with E-state index in [0.29, 0.717) is 24.3 Å². The van der Waals surface area contributed by atoms with Crippen molar-refractivity contribution >= 4 is 11.8 Å². The number of hydrogen-bond donors (Lipinski definition) is 2. The Morgan fingerprint density at radius 2 is 1.69 bits per heavy atom. The predicted molar refractivity (Wildman–Crippen MR) is 96.4 cm³/mol. The molecule has 0 aliphatic rings. The minimum atomic E-state index is -0.312. The molecule has 0 spiro atoms. The van der Waals surface area contributed by atoms with Crippen LogP contribution in [0.15, 0.2) is 53.1 Å². The molecule has 7 nitrogen and oxygen atoms in total. The summed E-state index contributed by atoms with van der Waals surface area (Å²) in [6.07, 6.45) is 1.44. The monoisotopic (exact) mass is 352 g/mol. The zero-order valence-corrected chi connectivity index (χ0v) is 14.7. The van der Waals surface area contributed by atoms with Gasteiger partial charge >= 0.3 is 0 Å². The fourth-order valence-corrected chi connectivity index (χ4v) is 2.73. The largest absolute Gasteiger partial charge is 0.459 e. The van der Waals surface area contributed by atoms with Crippen LogP contribution in [0.5, 0.6) is 0 Å². The van der Waals surface area contributed by atoms with E-state index < -0.39 is 0 Å². The van der Waals surface area contributed by atoms with Crippen molar-refractivity contribution in [1.82, 2.24) is 20.4 Å². The number of furan rings is 1. The molecular formula is C19H20N4O3. The summed E-state index contributed by atoms with van der Waals surface area (Å²) in [6, 6.07) is 12.9. The quantitative estimate of drug-likeness (QED) is 0.666. The van der Waals surface area contributed by atoms with Gasteiger partial charge in [0.1, 0.15) is 0 Å². The summed E-state index contributed by atoms with van der Waals surface area (Å²) < 4.78 is 6.76. The summed E-state index contributed by atoms with van der Waals surface area (Å²) in [6.45, 7) is 4.28. The lowest BCUT2D eigenvalue weighted by Gasteiger charge is -2.07. The highest BCUT2D eigenvalue weighted by atomic mass is 16.3. The number of amides is 2. The maximum atomic E-state index is 12.5. The van der Waals surface area contributed by atoms with Gasteiger partial charge in [-0.05, 0) is 38.1 Å². The molecule has 0 radical (unpaired) electrons. The minimum absolute atomic E-state index is 0.213. The van der Waals surface area contributed by atoms with Crippen molar-refractivity contribution in [3.8, 4) is 5.69 Å². The Labute approximate surface area is 151 Å². The summed E-state index contributed by atoms with van der Waals surface area (Å²) in [5, 5.41) is 9.96. The molecule has 2 heterocycles. The van der Waals surface area contributed by atoms with Crippen LogP contribution in [-0.4, -0.2) is 34.7 Å². The first-order chi connectivity index (χ1) is 12.6. The van der Waals surface area contributed by atoms with Crippen molar-refractivity contribution in [3.05, 3.63) is 71.4 Å². The van der Waals surface area contributed by atoms with Gasteiger partial charge in [-0.15, -0.1) is 0 Å². The Kier molecular flexibility index (Phi) is 5.17.